The molecule has 0 unspecified atom stereocenters. The molecule has 0 bridgehead atoms. The summed E-state index contributed by atoms with van der Waals surface area (Å²) in [5, 5.41) is 6.20. The second-order valence-electron chi connectivity index (χ2n) is 5.24. The minimum atomic E-state index is -0.505. The van der Waals surface area contributed by atoms with E-state index in [2.05, 4.69) is 15.6 Å². The number of hydrogen-bond acceptors (Lipinski definition) is 5. The largest absolute Gasteiger partial charge is 0.450 e. The molecule has 7 nitrogen and oxygen atoms in total. The molecule has 0 aliphatic carbocycles. The second kappa shape index (κ2) is 10.0. The van der Waals surface area contributed by atoms with Crippen LogP contribution in [0.3, 0.4) is 0 Å². The SMILES string of the molecule is CCOC(=O)NCCNC(=O)CCc1ncc(-c2ccc(Cl)cc2Cl)o1. The number of carbonyl (C=O) groups is 2. The third-order valence-electron chi connectivity index (χ3n) is 3.31. The maximum atomic E-state index is 11.8. The molecule has 0 fully saturated rings. The maximum Gasteiger partial charge on any atom is 0.407 e. The number of carbonyl (C=O) groups excluding carboxylic acids is 2. The Balaban J connectivity index is 1.75. The Morgan fingerprint density at radius 3 is 2.73 bits per heavy atom. The summed E-state index contributed by atoms with van der Waals surface area (Å²) < 4.78 is 10.3. The highest BCUT2D eigenvalue weighted by molar-refractivity contribution is 6.36. The van der Waals surface area contributed by atoms with Gasteiger partial charge >= 0.3 is 6.09 Å². The number of ether oxygens (including phenoxy) is 1. The Kier molecular flexibility index (Phi) is 7.74. The van der Waals surface area contributed by atoms with Gasteiger partial charge in [-0.15, -0.1) is 0 Å². The summed E-state index contributed by atoms with van der Waals surface area (Å²) in [6.45, 7) is 2.63. The molecule has 9 heteroatoms. The Morgan fingerprint density at radius 1 is 1.23 bits per heavy atom. The third-order valence-corrected chi connectivity index (χ3v) is 3.86. The van der Waals surface area contributed by atoms with Crippen LogP contribution < -0.4 is 10.6 Å². The van der Waals surface area contributed by atoms with Crippen molar-refractivity contribution in [3.8, 4) is 11.3 Å². The number of alkyl carbamates (subject to hydrolysis) is 1. The van der Waals surface area contributed by atoms with Crippen LogP contribution in [-0.2, 0) is 16.0 Å². The van der Waals surface area contributed by atoms with E-state index in [4.69, 9.17) is 32.4 Å². The molecule has 2 rings (SSSR count). The van der Waals surface area contributed by atoms with Crippen molar-refractivity contribution in [2.75, 3.05) is 19.7 Å². The fourth-order valence-corrected chi connectivity index (χ4v) is 2.60. The first-order valence-corrected chi connectivity index (χ1v) is 8.82. The van der Waals surface area contributed by atoms with E-state index < -0.39 is 6.09 Å². The van der Waals surface area contributed by atoms with E-state index in [0.717, 1.165) is 0 Å². The van der Waals surface area contributed by atoms with Gasteiger partial charge in [0.1, 0.15) is 0 Å². The van der Waals surface area contributed by atoms with Crippen molar-refractivity contribution in [1.82, 2.24) is 15.6 Å². The number of hydrogen-bond donors (Lipinski definition) is 2. The molecule has 0 saturated heterocycles. The molecule has 140 valence electrons. The monoisotopic (exact) mass is 399 g/mol. The Morgan fingerprint density at radius 2 is 2.00 bits per heavy atom. The quantitative estimate of drug-likeness (QED) is 0.663. The van der Waals surface area contributed by atoms with Crippen LogP contribution in [0.2, 0.25) is 10.0 Å². The number of aromatic nitrogens is 1. The fraction of sp³-hybridized carbons (Fsp3) is 0.353. The minimum Gasteiger partial charge on any atom is -0.450 e. The van der Waals surface area contributed by atoms with Gasteiger partial charge in [-0.25, -0.2) is 9.78 Å². The van der Waals surface area contributed by atoms with Crippen molar-refractivity contribution >= 4 is 35.2 Å². The highest BCUT2D eigenvalue weighted by Crippen LogP contribution is 2.30. The minimum absolute atomic E-state index is 0.167. The lowest BCUT2D eigenvalue weighted by atomic mass is 10.2. The zero-order valence-electron chi connectivity index (χ0n) is 14.2. The van der Waals surface area contributed by atoms with Gasteiger partial charge in [0.05, 0.1) is 17.8 Å². The summed E-state index contributed by atoms with van der Waals surface area (Å²) in [5.74, 6) is 0.784. The summed E-state index contributed by atoms with van der Waals surface area (Å²) in [5.41, 5.74) is 0.685. The molecule has 0 saturated carbocycles. The molecule has 1 heterocycles. The molecular formula is C17H19Cl2N3O4. The molecule has 1 aromatic carbocycles. The van der Waals surface area contributed by atoms with E-state index in [1.54, 1.807) is 31.3 Å². The number of amides is 2. The van der Waals surface area contributed by atoms with E-state index >= 15 is 0 Å². The topological polar surface area (TPSA) is 93.5 Å². The predicted octanol–water partition coefficient (Wildman–Crippen LogP) is 3.44. The van der Waals surface area contributed by atoms with Gasteiger partial charge in [-0.3, -0.25) is 4.79 Å². The second-order valence-corrected chi connectivity index (χ2v) is 6.08. The number of oxazole rings is 1. The van der Waals surface area contributed by atoms with Crippen molar-refractivity contribution in [2.24, 2.45) is 0 Å². The summed E-state index contributed by atoms with van der Waals surface area (Å²) in [7, 11) is 0. The average molecular weight is 400 g/mol. The van der Waals surface area contributed by atoms with Crippen LogP contribution in [0.5, 0.6) is 0 Å². The van der Waals surface area contributed by atoms with Crippen molar-refractivity contribution in [3.05, 3.63) is 40.3 Å². The maximum absolute atomic E-state index is 11.8. The Hall–Kier alpha value is -2.25. The molecule has 2 N–H and O–H groups in total. The fourth-order valence-electron chi connectivity index (χ4n) is 2.10. The smallest absolute Gasteiger partial charge is 0.407 e. The number of nitrogens with one attached hydrogen (secondary N) is 2. The first-order valence-electron chi connectivity index (χ1n) is 8.07. The number of benzene rings is 1. The number of rotatable bonds is 8. The van der Waals surface area contributed by atoms with Gasteiger partial charge in [-0.1, -0.05) is 23.2 Å². The van der Waals surface area contributed by atoms with E-state index in [1.165, 1.54) is 0 Å². The zero-order valence-corrected chi connectivity index (χ0v) is 15.7. The Labute approximate surface area is 161 Å². The molecule has 0 atom stereocenters. The summed E-state index contributed by atoms with van der Waals surface area (Å²) >= 11 is 12.0. The molecule has 0 spiro atoms. The van der Waals surface area contributed by atoms with Crippen molar-refractivity contribution in [2.45, 2.75) is 19.8 Å². The highest BCUT2D eigenvalue weighted by atomic mass is 35.5. The third kappa shape index (κ3) is 6.24. The van der Waals surface area contributed by atoms with Crippen LogP contribution in [0.15, 0.2) is 28.8 Å². The summed E-state index contributed by atoms with van der Waals surface area (Å²) in [4.78, 5) is 27.0. The van der Waals surface area contributed by atoms with Crippen molar-refractivity contribution in [1.29, 1.82) is 0 Å². The molecular weight excluding hydrogens is 381 g/mol. The van der Waals surface area contributed by atoms with Crippen molar-refractivity contribution < 1.29 is 18.7 Å². The standard InChI is InChI=1S/C17H19Cl2N3O4/c1-2-25-17(24)21-8-7-20-15(23)5-6-16-22-10-14(26-16)12-4-3-11(18)9-13(12)19/h3-4,9-10H,2,5-8H2,1H3,(H,20,23)(H,21,24). The summed E-state index contributed by atoms with van der Waals surface area (Å²) in [6, 6.07) is 5.08. The molecule has 26 heavy (non-hydrogen) atoms. The highest BCUT2D eigenvalue weighted by Gasteiger charge is 2.12. The predicted molar refractivity (Wildman–Crippen MR) is 98.3 cm³/mol. The average Bonchev–Trinajstić information content (AvgIpc) is 3.06. The van der Waals surface area contributed by atoms with Crippen molar-refractivity contribution in [3.63, 3.8) is 0 Å². The lowest BCUT2D eigenvalue weighted by Gasteiger charge is -2.06. The molecule has 0 aliphatic rings. The van der Waals surface area contributed by atoms with Gasteiger partial charge in [0.25, 0.3) is 0 Å². The lowest BCUT2D eigenvalue weighted by molar-refractivity contribution is -0.121. The molecule has 1 aromatic heterocycles. The zero-order chi connectivity index (χ0) is 18.9. The number of aryl methyl sites for hydroxylation is 1. The van der Waals surface area contributed by atoms with Gasteiger partial charge in [0.15, 0.2) is 11.7 Å². The number of nitrogens with zero attached hydrogens (tertiary/aromatic N) is 1. The van der Waals surface area contributed by atoms with E-state index in [0.29, 0.717) is 53.4 Å². The first kappa shape index (κ1) is 20.1. The van der Waals surface area contributed by atoms with E-state index in [9.17, 15) is 9.59 Å². The molecule has 2 aromatic rings. The van der Waals surface area contributed by atoms with Crippen LogP contribution >= 0.6 is 23.2 Å². The summed E-state index contributed by atoms with van der Waals surface area (Å²) in [6.07, 6.45) is 1.62. The van der Waals surface area contributed by atoms with Gasteiger partial charge in [0, 0.05) is 36.5 Å². The van der Waals surface area contributed by atoms with Crippen LogP contribution in [0.1, 0.15) is 19.2 Å². The Bertz CT molecular complexity index is 764. The van der Waals surface area contributed by atoms with Crippen LogP contribution in [0.4, 0.5) is 4.79 Å². The van der Waals surface area contributed by atoms with Crippen LogP contribution in [-0.4, -0.2) is 36.7 Å². The van der Waals surface area contributed by atoms with E-state index in [1.807, 2.05) is 0 Å². The van der Waals surface area contributed by atoms with Gasteiger partial charge < -0.3 is 19.8 Å². The van der Waals surface area contributed by atoms with Crippen LogP contribution in [0.25, 0.3) is 11.3 Å². The van der Waals surface area contributed by atoms with Gasteiger partial charge in [0.2, 0.25) is 5.91 Å². The lowest BCUT2D eigenvalue weighted by Crippen LogP contribution is -2.35. The van der Waals surface area contributed by atoms with E-state index in [-0.39, 0.29) is 12.3 Å². The van der Waals surface area contributed by atoms with Gasteiger partial charge in [-0.05, 0) is 25.1 Å². The molecule has 0 aliphatic heterocycles. The number of halogens is 2. The normalized spacial score (nSPS) is 10.4. The van der Waals surface area contributed by atoms with Gasteiger partial charge in [-0.2, -0.15) is 0 Å². The first-order chi connectivity index (χ1) is 12.5. The molecule has 0 radical (unpaired) electrons. The van der Waals surface area contributed by atoms with Crippen LogP contribution in [0, 0.1) is 0 Å². The molecule has 2 amide bonds.